The van der Waals surface area contributed by atoms with E-state index < -0.39 is 12.0 Å². The lowest BCUT2D eigenvalue weighted by Crippen LogP contribution is -2.49. The Labute approximate surface area is 242 Å². The van der Waals surface area contributed by atoms with Gasteiger partial charge in [-0.25, -0.2) is 9.59 Å². The van der Waals surface area contributed by atoms with E-state index in [-0.39, 0.29) is 30.4 Å². The molecule has 1 saturated heterocycles. The largest absolute Gasteiger partial charge is 0.463 e. The first-order valence-electron chi connectivity index (χ1n) is 13.1. The van der Waals surface area contributed by atoms with Crippen molar-refractivity contribution in [3.63, 3.8) is 0 Å². The van der Waals surface area contributed by atoms with Crippen molar-refractivity contribution in [2.75, 3.05) is 53.2 Å². The Morgan fingerprint density at radius 1 is 1.07 bits per heavy atom. The molecule has 3 amide bonds. The normalized spacial score (nSPS) is 19.4. The van der Waals surface area contributed by atoms with E-state index >= 15 is 0 Å². The molecule has 12 heteroatoms. The maximum absolute atomic E-state index is 13.3. The molecular formula is C28H30Cl2N4O6. The zero-order valence-corrected chi connectivity index (χ0v) is 23.8. The van der Waals surface area contributed by atoms with E-state index in [9.17, 15) is 14.4 Å². The van der Waals surface area contributed by atoms with E-state index in [4.69, 9.17) is 37.4 Å². The molecule has 2 aromatic rings. The van der Waals surface area contributed by atoms with Gasteiger partial charge in [0.05, 0.1) is 28.3 Å². The van der Waals surface area contributed by atoms with Crippen molar-refractivity contribution < 1.29 is 28.6 Å². The number of halogens is 2. The first-order valence-corrected chi connectivity index (χ1v) is 13.8. The number of benzene rings is 2. The van der Waals surface area contributed by atoms with Crippen molar-refractivity contribution in [2.24, 2.45) is 0 Å². The molecule has 40 heavy (non-hydrogen) atoms. The van der Waals surface area contributed by atoms with Crippen molar-refractivity contribution in [3.05, 3.63) is 68.8 Å². The molecule has 0 spiro atoms. The summed E-state index contributed by atoms with van der Waals surface area (Å²) in [5.74, 6) is 0.562. The third-order valence-corrected chi connectivity index (χ3v) is 8.07. The molecule has 0 aliphatic carbocycles. The van der Waals surface area contributed by atoms with E-state index in [1.165, 1.54) is 4.90 Å². The molecular weight excluding hydrogens is 559 g/mol. The Hall–Kier alpha value is -3.47. The lowest BCUT2D eigenvalue weighted by molar-refractivity contribution is -0.139. The second-order valence-electron chi connectivity index (χ2n) is 9.66. The number of urea groups is 1. The van der Waals surface area contributed by atoms with Gasteiger partial charge in [0.15, 0.2) is 11.5 Å². The minimum absolute atomic E-state index is 0.0867. The van der Waals surface area contributed by atoms with Crippen LogP contribution >= 0.6 is 23.2 Å². The third-order valence-electron chi connectivity index (χ3n) is 7.23. The van der Waals surface area contributed by atoms with Gasteiger partial charge >= 0.3 is 12.0 Å². The Morgan fingerprint density at radius 3 is 2.67 bits per heavy atom. The van der Waals surface area contributed by atoms with E-state index in [2.05, 4.69) is 10.2 Å². The molecule has 1 fully saturated rings. The maximum atomic E-state index is 13.3. The van der Waals surface area contributed by atoms with Crippen molar-refractivity contribution in [1.29, 1.82) is 0 Å². The number of hydrogen-bond donors (Lipinski definition) is 1. The number of esters is 1. The van der Waals surface area contributed by atoms with E-state index in [0.29, 0.717) is 71.6 Å². The van der Waals surface area contributed by atoms with Gasteiger partial charge in [-0.15, -0.1) is 0 Å². The highest BCUT2D eigenvalue weighted by molar-refractivity contribution is 6.42. The second kappa shape index (κ2) is 12.0. The number of rotatable bonds is 6. The number of carbonyl (C=O) groups excluding carboxylic acids is 3. The lowest BCUT2D eigenvalue weighted by Gasteiger charge is -2.37. The average molecular weight is 589 g/mol. The second-order valence-corrected chi connectivity index (χ2v) is 10.4. The molecule has 2 aromatic carbocycles. The highest BCUT2D eigenvalue weighted by Gasteiger charge is 2.38. The van der Waals surface area contributed by atoms with Crippen LogP contribution in [-0.2, 0) is 9.53 Å². The van der Waals surface area contributed by atoms with Gasteiger partial charge in [0.25, 0.3) is 5.91 Å². The molecule has 1 N–H and O–H groups in total. The standard InChI is InChI=1S/C28H30Cl2N4O6/c1-3-38-27(36)23-20(32(2)28(37)31-25(23)18-6-4-7-19(29)24(18)30)15-33-10-5-11-34(13-12-33)26(35)17-8-9-21-22(14-17)40-16-39-21/h4,6-9,14,25H,3,5,10-13,15-16H2,1-2H3,(H,31,37). The fourth-order valence-corrected chi connectivity index (χ4v) is 5.55. The number of hydrogen-bond acceptors (Lipinski definition) is 7. The Bertz CT molecular complexity index is 1370. The van der Waals surface area contributed by atoms with Crippen LogP contribution in [0.1, 0.15) is 35.3 Å². The van der Waals surface area contributed by atoms with Crippen LogP contribution in [0.3, 0.4) is 0 Å². The first kappa shape index (κ1) is 28.1. The lowest BCUT2D eigenvalue weighted by atomic mass is 9.94. The molecule has 0 saturated carbocycles. The minimum atomic E-state index is -0.833. The molecule has 10 nitrogen and oxygen atoms in total. The monoisotopic (exact) mass is 588 g/mol. The molecule has 1 atom stereocenters. The molecule has 5 rings (SSSR count). The summed E-state index contributed by atoms with van der Waals surface area (Å²) in [4.78, 5) is 45.0. The molecule has 0 bridgehead atoms. The summed E-state index contributed by atoms with van der Waals surface area (Å²) in [5, 5.41) is 3.45. The minimum Gasteiger partial charge on any atom is -0.463 e. The molecule has 0 radical (unpaired) electrons. The number of nitrogens with one attached hydrogen (secondary N) is 1. The van der Waals surface area contributed by atoms with Crippen molar-refractivity contribution in [3.8, 4) is 11.5 Å². The van der Waals surface area contributed by atoms with Gasteiger partial charge in [0.2, 0.25) is 6.79 Å². The number of amides is 3. The van der Waals surface area contributed by atoms with Crippen molar-refractivity contribution in [1.82, 2.24) is 20.0 Å². The van der Waals surface area contributed by atoms with Crippen molar-refractivity contribution >= 4 is 41.1 Å². The first-order chi connectivity index (χ1) is 19.3. The quantitative estimate of drug-likeness (QED) is 0.507. The topological polar surface area (TPSA) is 101 Å². The summed E-state index contributed by atoms with van der Waals surface area (Å²) in [6, 6.07) is 9.08. The van der Waals surface area contributed by atoms with Crippen LogP contribution in [0.4, 0.5) is 4.79 Å². The van der Waals surface area contributed by atoms with Crippen LogP contribution in [0, 0.1) is 0 Å². The van der Waals surface area contributed by atoms with Crippen LogP contribution in [0.25, 0.3) is 0 Å². The Morgan fingerprint density at radius 2 is 1.88 bits per heavy atom. The number of ether oxygens (including phenoxy) is 3. The predicted molar refractivity (Wildman–Crippen MR) is 149 cm³/mol. The van der Waals surface area contributed by atoms with Crippen LogP contribution in [0.2, 0.25) is 10.0 Å². The molecule has 0 aromatic heterocycles. The summed E-state index contributed by atoms with van der Waals surface area (Å²) in [6.07, 6.45) is 0.720. The molecule has 3 aliphatic heterocycles. The van der Waals surface area contributed by atoms with Gasteiger partial charge in [-0.3, -0.25) is 14.6 Å². The zero-order chi connectivity index (χ0) is 28.4. The molecule has 212 valence electrons. The van der Waals surface area contributed by atoms with Gasteiger partial charge in [-0.1, -0.05) is 35.3 Å². The van der Waals surface area contributed by atoms with E-state index in [1.54, 1.807) is 50.4 Å². The van der Waals surface area contributed by atoms with Crippen molar-refractivity contribution in [2.45, 2.75) is 19.4 Å². The summed E-state index contributed by atoms with van der Waals surface area (Å²) in [6.45, 7) is 4.62. The SMILES string of the molecule is CCOC(=O)C1=C(CN2CCCN(C(=O)c3ccc4c(c3)OCO4)CC2)N(C)C(=O)NC1c1cccc(Cl)c1Cl. The van der Waals surface area contributed by atoms with E-state index in [0.717, 1.165) is 6.42 Å². The number of likely N-dealkylation sites (N-methyl/N-ethyl adjacent to an activating group) is 1. The summed E-state index contributed by atoms with van der Waals surface area (Å²) >= 11 is 12.8. The molecule has 3 aliphatic rings. The Balaban J connectivity index is 1.39. The van der Waals surface area contributed by atoms with Gasteiger partial charge in [0.1, 0.15) is 0 Å². The summed E-state index contributed by atoms with van der Waals surface area (Å²) in [7, 11) is 1.62. The van der Waals surface area contributed by atoms with Gasteiger partial charge < -0.3 is 24.4 Å². The fraction of sp³-hybridized carbons (Fsp3) is 0.393. The maximum Gasteiger partial charge on any atom is 0.338 e. The smallest absolute Gasteiger partial charge is 0.338 e. The molecule has 3 heterocycles. The number of fused-ring (bicyclic) bond motifs is 1. The molecule has 1 unspecified atom stereocenters. The van der Waals surface area contributed by atoms with E-state index in [1.807, 2.05) is 4.90 Å². The Kier molecular flexibility index (Phi) is 8.39. The zero-order valence-electron chi connectivity index (χ0n) is 22.2. The fourth-order valence-electron chi connectivity index (χ4n) is 5.13. The van der Waals surface area contributed by atoms with Crippen LogP contribution in [0.5, 0.6) is 11.5 Å². The average Bonchev–Trinajstić information content (AvgIpc) is 3.29. The number of nitrogens with zero attached hydrogens (tertiary/aromatic N) is 3. The summed E-state index contributed by atoms with van der Waals surface area (Å²) < 4.78 is 16.2. The van der Waals surface area contributed by atoms with Gasteiger partial charge in [-0.2, -0.15) is 0 Å². The highest BCUT2D eigenvalue weighted by Crippen LogP contribution is 2.38. The van der Waals surface area contributed by atoms with Gasteiger partial charge in [-0.05, 0) is 43.2 Å². The highest BCUT2D eigenvalue weighted by atomic mass is 35.5. The van der Waals surface area contributed by atoms with Crippen LogP contribution in [0.15, 0.2) is 47.7 Å². The third kappa shape index (κ3) is 5.56. The number of carbonyl (C=O) groups is 3. The van der Waals surface area contributed by atoms with Crippen LogP contribution in [-0.4, -0.2) is 85.8 Å². The predicted octanol–water partition coefficient (Wildman–Crippen LogP) is 4.08. The van der Waals surface area contributed by atoms with Gasteiger partial charge in [0, 0.05) is 51.0 Å². The summed E-state index contributed by atoms with van der Waals surface area (Å²) in [5.41, 5.74) is 1.85. The van der Waals surface area contributed by atoms with Crippen LogP contribution < -0.4 is 14.8 Å².